The first-order chi connectivity index (χ1) is 20.4. The van der Waals surface area contributed by atoms with Crippen molar-refractivity contribution in [2.75, 3.05) is 17.6 Å². The second kappa shape index (κ2) is 13.8. The largest absolute Gasteiger partial charge is 0.748 e. The summed E-state index contributed by atoms with van der Waals surface area (Å²) in [5, 5.41) is 5.50. The van der Waals surface area contributed by atoms with Crippen molar-refractivity contribution in [2.45, 2.75) is 39.5 Å². The van der Waals surface area contributed by atoms with Crippen molar-refractivity contribution in [3.8, 4) is 11.1 Å². The maximum atomic E-state index is 13.7. The van der Waals surface area contributed by atoms with Crippen molar-refractivity contribution >= 4 is 27.6 Å². The van der Waals surface area contributed by atoms with Crippen LogP contribution in [0.25, 0.3) is 11.1 Å². The van der Waals surface area contributed by atoms with Crippen LogP contribution in [0.1, 0.15) is 53.7 Å². The lowest BCUT2D eigenvalue weighted by Gasteiger charge is -2.20. The Balaban J connectivity index is 1.51. The summed E-state index contributed by atoms with van der Waals surface area (Å²) in [7, 11) is -4.41. The van der Waals surface area contributed by atoms with Gasteiger partial charge in [0.05, 0.1) is 21.8 Å². The molecule has 0 fully saturated rings. The summed E-state index contributed by atoms with van der Waals surface area (Å²) in [4.78, 5) is 30.2. The number of nitrogens with zero attached hydrogens (tertiary/aromatic N) is 1. The van der Waals surface area contributed by atoms with Crippen LogP contribution < -0.4 is 10.6 Å². The van der Waals surface area contributed by atoms with Gasteiger partial charge in [-0.3, -0.25) is 14.6 Å². The van der Waals surface area contributed by atoms with Gasteiger partial charge < -0.3 is 15.2 Å². The van der Waals surface area contributed by atoms with Crippen LogP contribution in [0.3, 0.4) is 0 Å². The number of nitrogens with one attached hydrogen (secondary N) is 2. The molecular weight excluding hydrogens is 562 g/mol. The minimum atomic E-state index is -4.41. The molecule has 1 heterocycles. The summed E-state index contributed by atoms with van der Waals surface area (Å²) in [6.07, 6.45) is 4.83. The smallest absolute Gasteiger partial charge is 0.251 e. The molecule has 8 nitrogen and oxygen atoms in total. The molecule has 0 saturated carbocycles. The number of amides is 2. The number of pyridine rings is 1. The van der Waals surface area contributed by atoms with E-state index in [9.17, 15) is 22.6 Å². The summed E-state index contributed by atoms with van der Waals surface area (Å²) >= 11 is 0. The normalized spacial score (nSPS) is 12.4. The number of benzene rings is 3. The van der Waals surface area contributed by atoms with E-state index in [1.807, 2.05) is 48.5 Å². The zero-order valence-electron chi connectivity index (χ0n) is 24.5. The fourth-order valence-corrected chi connectivity index (χ4v) is 5.12. The SMILES string of the molecule is CC(C)(C)Cc1ccc(C(Cc2ccc(C(=O)NCCS(=O)(=O)[O-])cc2)C(=O)Nc2ccc(-c3cccnc3)cc2)cc1. The van der Waals surface area contributed by atoms with Gasteiger partial charge in [-0.1, -0.05) is 75.4 Å². The van der Waals surface area contributed by atoms with Crippen LogP contribution in [0.5, 0.6) is 0 Å². The molecule has 1 unspecified atom stereocenters. The fraction of sp³-hybridized carbons (Fsp3) is 0.265. The standard InChI is InChI=1S/C34H37N3O5S/c1-34(2,3)22-25-8-10-27(11-9-25)31(21-24-6-12-28(13-7-24)32(38)36-19-20-43(40,41)42)33(39)37-30-16-14-26(15-17-30)29-5-4-18-35-23-29/h4-18,23,31H,19-22H2,1-3H3,(H,36,38)(H,37,39)(H,40,41,42)/p-1. The summed E-state index contributed by atoms with van der Waals surface area (Å²) < 4.78 is 32.4. The topological polar surface area (TPSA) is 128 Å². The van der Waals surface area contributed by atoms with Gasteiger partial charge in [-0.2, -0.15) is 0 Å². The summed E-state index contributed by atoms with van der Waals surface area (Å²) in [5.41, 5.74) is 6.05. The second-order valence-electron chi connectivity index (χ2n) is 11.8. The van der Waals surface area contributed by atoms with Gasteiger partial charge >= 0.3 is 0 Å². The van der Waals surface area contributed by atoms with Crippen LogP contribution in [0, 0.1) is 5.41 Å². The molecule has 224 valence electrons. The maximum absolute atomic E-state index is 13.7. The minimum absolute atomic E-state index is 0.136. The number of carbonyl (C=O) groups excluding carboxylic acids is 2. The Morgan fingerprint density at radius 3 is 2.09 bits per heavy atom. The molecule has 2 amide bonds. The highest BCUT2D eigenvalue weighted by Crippen LogP contribution is 2.27. The first kappa shape index (κ1) is 31.6. The molecule has 0 aliphatic heterocycles. The van der Waals surface area contributed by atoms with Crippen LogP contribution in [0.15, 0.2) is 97.3 Å². The molecule has 0 spiro atoms. The van der Waals surface area contributed by atoms with Gasteiger partial charge in [0, 0.05) is 30.2 Å². The van der Waals surface area contributed by atoms with E-state index in [1.165, 1.54) is 5.56 Å². The Bertz CT molecular complexity index is 1630. The van der Waals surface area contributed by atoms with Gasteiger partial charge in [0.15, 0.2) is 0 Å². The molecule has 4 rings (SSSR count). The summed E-state index contributed by atoms with van der Waals surface area (Å²) in [6, 6.07) is 26.4. The monoisotopic (exact) mass is 598 g/mol. The van der Waals surface area contributed by atoms with E-state index < -0.39 is 27.7 Å². The first-order valence-corrected chi connectivity index (χ1v) is 15.6. The van der Waals surface area contributed by atoms with Gasteiger partial charge in [0.2, 0.25) is 5.91 Å². The van der Waals surface area contributed by atoms with E-state index in [2.05, 4.69) is 48.5 Å². The Morgan fingerprint density at radius 2 is 1.51 bits per heavy atom. The third-order valence-corrected chi connectivity index (χ3v) is 7.58. The quantitative estimate of drug-likeness (QED) is 0.217. The van der Waals surface area contributed by atoms with Crippen molar-refractivity contribution in [1.82, 2.24) is 10.3 Å². The molecule has 1 atom stereocenters. The van der Waals surface area contributed by atoms with Crippen molar-refractivity contribution in [3.05, 3.63) is 120 Å². The lowest BCUT2D eigenvalue weighted by molar-refractivity contribution is -0.117. The van der Waals surface area contributed by atoms with Crippen LogP contribution in [0.2, 0.25) is 0 Å². The molecule has 1 aromatic heterocycles. The molecule has 4 aromatic rings. The molecule has 0 aliphatic rings. The molecule has 0 bridgehead atoms. The molecule has 0 radical (unpaired) electrons. The highest BCUT2D eigenvalue weighted by atomic mass is 32.2. The number of hydrogen-bond donors (Lipinski definition) is 2. The van der Waals surface area contributed by atoms with E-state index >= 15 is 0 Å². The van der Waals surface area contributed by atoms with E-state index in [-0.39, 0.29) is 17.9 Å². The van der Waals surface area contributed by atoms with E-state index in [1.54, 1.807) is 36.7 Å². The van der Waals surface area contributed by atoms with Gasteiger partial charge in [0.25, 0.3) is 5.91 Å². The van der Waals surface area contributed by atoms with Crippen LogP contribution in [0.4, 0.5) is 5.69 Å². The van der Waals surface area contributed by atoms with Gasteiger partial charge in [-0.05, 0) is 76.4 Å². The Labute approximate surface area is 253 Å². The Kier molecular flexibility index (Phi) is 10.1. The van der Waals surface area contributed by atoms with Crippen molar-refractivity contribution in [2.24, 2.45) is 5.41 Å². The van der Waals surface area contributed by atoms with Crippen molar-refractivity contribution in [3.63, 3.8) is 0 Å². The number of rotatable bonds is 11. The summed E-state index contributed by atoms with van der Waals surface area (Å²) in [6.45, 7) is 6.30. The average molecular weight is 599 g/mol. The van der Waals surface area contributed by atoms with E-state index in [0.29, 0.717) is 17.7 Å². The van der Waals surface area contributed by atoms with Gasteiger partial charge in [0.1, 0.15) is 0 Å². The lowest BCUT2D eigenvalue weighted by Crippen LogP contribution is -2.29. The molecular formula is C34H36N3O5S-. The zero-order chi connectivity index (χ0) is 31.0. The highest BCUT2D eigenvalue weighted by molar-refractivity contribution is 7.85. The second-order valence-corrected chi connectivity index (χ2v) is 13.3. The minimum Gasteiger partial charge on any atom is -0.748 e. The molecule has 2 N–H and O–H groups in total. The van der Waals surface area contributed by atoms with Crippen LogP contribution in [-0.4, -0.2) is 42.1 Å². The lowest BCUT2D eigenvalue weighted by atomic mass is 9.86. The van der Waals surface area contributed by atoms with E-state index in [4.69, 9.17) is 0 Å². The van der Waals surface area contributed by atoms with Crippen molar-refractivity contribution in [1.29, 1.82) is 0 Å². The molecule has 9 heteroatoms. The molecule has 0 aliphatic carbocycles. The predicted molar refractivity (Wildman–Crippen MR) is 168 cm³/mol. The number of aromatic nitrogens is 1. The molecule has 3 aromatic carbocycles. The van der Waals surface area contributed by atoms with Gasteiger partial charge in [-0.15, -0.1) is 0 Å². The maximum Gasteiger partial charge on any atom is 0.251 e. The zero-order valence-corrected chi connectivity index (χ0v) is 25.4. The first-order valence-electron chi connectivity index (χ1n) is 14.1. The number of anilines is 1. The van der Waals surface area contributed by atoms with Crippen LogP contribution in [-0.2, 0) is 27.8 Å². The third kappa shape index (κ3) is 9.87. The Morgan fingerprint density at radius 1 is 0.860 bits per heavy atom. The summed E-state index contributed by atoms with van der Waals surface area (Å²) in [5.74, 6) is -1.80. The fourth-order valence-electron chi connectivity index (χ4n) is 4.77. The number of carbonyl (C=O) groups is 2. The predicted octanol–water partition coefficient (Wildman–Crippen LogP) is 5.58. The molecule has 43 heavy (non-hydrogen) atoms. The van der Waals surface area contributed by atoms with E-state index in [0.717, 1.165) is 28.7 Å². The van der Waals surface area contributed by atoms with Crippen LogP contribution >= 0.6 is 0 Å². The van der Waals surface area contributed by atoms with Gasteiger partial charge in [-0.25, -0.2) is 8.42 Å². The van der Waals surface area contributed by atoms with Crippen molar-refractivity contribution < 1.29 is 22.6 Å². The molecule has 0 saturated heterocycles. The Hall–Kier alpha value is -4.34. The highest BCUT2D eigenvalue weighted by Gasteiger charge is 2.22. The number of hydrogen-bond acceptors (Lipinski definition) is 6. The average Bonchev–Trinajstić information content (AvgIpc) is 2.96. The third-order valence-electron chi connectivity index (χ3n) is 6.87.